The number of nitrogens with zero attached hydrogens (tertiary/aromatic N) is 1. The van der Waals surface area contributed by atoms with Crippen molar-refractivity contribution in [2.24, 2.45) is 0 Å². The molecule has 0 bridgehead atoms. The van der Waals surface area contributed by atoms with Crippen LogP contribution < -0.4 is 15.4 Å². The Morgan fingerprint density at radius 3 is 2.76 bits per heavy atom. The highest BCUT2D eigenvalue weighted by Gasteiger charge is 2.10. The second-order valence-electron chi connectivity index (χ2n) is 5.28. The molecule has 0 aliphatic heterocycles. The van der Waals surface area contributed by atoms with Gasteiger partial charge < -0.3 is 15.4 Å². The molecule has 128 valence electrons. The van der Waals surface area contributed by atoms with E-state index in [1.54, 1.807) is 25.3 Å². The lowest BCUT2D eigenvalue weighted by atomic mass is 10.2. The maximum atomic E-state index is 12.2. The molecule has 0 aliphatic carbocycles. The van der Waals surface area contributed by atoms with Gasteiger partial charge in [-0.3, -0.25) is 4.79 Å². The minimum Gasteiger partial charge on any atom is -0.496 e. The summed E-state index contributed by atoms with van der Waals surface area (Å²) >= 11 is 6.04. The maximum Gasteiger partial charge on any atom is 0.267 e. The number of nitrogens with one attached hydrogen (secondary N) is 2. The molecule has 5 nitrogen and oxygen atoms in total. The molecule has 0 aromatic heterocycles. The number of para-hydroxylation sites is 1. The van der Waals surface area contributed by atoms with Crippen LogP contribution in [-0.4, -0.2) is 13.0 Å². The van der Waals surface area contributed by atoms with Gasteiger partial charge in [-0.25, -0.2) is 0 Å². The van der Waals surface area contributed by atoms with Gasteiger partial charge in [-0.15, -0.1) is 0 Å². The zero-order valence-electron chi connectivity index (χ0n) is 14.0. The van der Waals surface area contributed by atoms with Crippen LogP contribution in [0.5, 0.6) is 5.75 Å². The highest BCUT2D eigenvalue weighted by atomic mass is 35.5. The van der Waals surface area contributed by atoms with Crippen molar-refractivity contribution in [2.75, 3.05) is 12.4 Å². The summed E-state index contributed by atoms with van der Waals surface area (Å²) in [4.78, 5) is 12.2. The van der Waals surface area contributed by atoms with Crippen LogP contribution in [0.15, 0.2) is 54.2 Å². The van der Waals surface area contributed by atoms with E-state index in [4.69, 9.17) is 16.3 Å². The number of benzene rings is 2. The number of anilines is 1. The topological polar surface area (TPSA) is 74.1 Å². The third-order valence-electron chi connectivity index (χ3n) is 3.53. The number of halogens is 1. The first kappa shape index (κ1) is 18.4. The molecule has 0 saturated heterocycles. The van der Waals surface area contributed by atoms with Crippen molar-refractivity contribution in [1.82, 2.24) is 5.32 Å². The Morgan fingerprint density at radius 2 is 2.08 bits per heavy atom. The average molecular weight is 356 g/mol. The monoisotopic (exact) mass is 355 g/mol. The van der Waals surface area contributed by atoms with Crippen LogP contribution in [0.2, 0.25) is 5.02 Å². The van der Waals surface area contributed by atoms with Crippen LogP contribution in [0.3, 0.4) is 0 Å². The third kappa shape index (κ3) is 5.00. The van der Waals surface area contributed by atoms with E-state index in [0.717, 1.165) is 16.9 Å². The number of ether oxygens (including phenoxy) is 1. The molecule has 2 N–H and O–H groups in total. The van der Waals surface area contributed by atoms with Crippen molar-refractivity contribution in [2.45, 2.75) is 13.5 Å². The van der Waals surface area contributed by atoms with Crippen molar-refractivity contribution >= 4 is 23.2 Å². The van der Waals surface area contributed by atoms with E-state index in [-0.39, 0.29) is 5.57 Å². The number of methoxy groups -OCH3 is 1. The molecule has 2 rings (SSSR count). The van der Waals surface area contributed by atoms with Gasteiger partial charge in [-0.2, -0.15) is 5.26 Å². The lowest BCUT2D eigenvalue weighted by Gasteiger charge is -2.09. The van der Waals surface area contributed by atoms with E-state index in [9.17, 15) is 10.1 Å². The van der Waals surface area contributed by atoms with Crippen LogP contribution in [0.1, 0.15) is 11.1 Å². The summed E-state index contributed by atoms with van der Waals surface area (Å²) in [7, 11) is 1.59. The summed E-state index contributed by atoms with van der Waals surface area (Å²) in [5, 5.41) is 15.4. The Morgan fingerprint density at radius 1 is 1.32 bits per heavy atom. The first-order valence-corrected chi connectivity index (χ1v) is 7.96. The fourth-order valence-corrected chi connectivity index (χ4v) is 2.31. The predicted octanol–water partition coefficient (Wildman–Crippen LogP) is 3.79. The van der Waals surface area contributed by atoms with E-state index >= 15 is 0 Å². The molecule has 0 heterocycles. The van der Waals surface area contributed by atoms with E-state index in [1.807, 2.05) is 37.3 Å². The normalized spacial score (nSPS) is 10.7. The maximum absolute atomic E-state index is 12.2. The number of aryl methyl sites for hydroxylation is 1. The Labute approximate surface area is 151 Å². The summed E-state index contributed by atoms with van der Waals surface area (Å²) in [6, 6.07) is 14.6. The molecular formula is C19H18ClN3O2. The lowest BCUT2D eigenvalue weighted by Crippen LogP contribution is -2.16. The quantitative estimate of drug-likeness (QED) is 0.610. The Bertz CT molecular complexity index is 841. The standard InChI is InChI=1S/C19H18ClN3O2/c1-13-7-8-16(9-17(13)20)23-19(24)15(10-21)12-22-11-14-5-3-4-6-18(14)25-2/h3-9,12,22H,11H2,1-2H3,(H,23,24)/b15-12-. The zero-order valence-corrected chi connectivity index (χ0v) is 14.7. The van der Waals surface area contributed by atoms with Crippen molar-refractivity contribution in [3.8, 4) is 11.8 Å². The van der Waals surface area contributed by atoms with E-state index in [0.29, 0.717) is 17.3 Å². The van der Waals surface area contributed by atoms with Crippen molar-refractivity contribution in [3.05, 3.63) is 70.4 Å². The van der Waals surface area contributed by atoms with Crippen molar-refractivity contribution in [1.29, 1.82) is 5.26 Å². The van der Waals surface area contributed by atoms with Crippen molar-refractivity contribution in [3.63, 3.8) is 0 Å². The number of carbonyl (C=O) groups is 1. The molecule has 25 heavy (non-hydrogen) atoms. The number of hydrogen-bond acceptors (Lipinski definition) is 4. The fraction of sp³-hybridized carbons (Fsp3) is 0.158. The highest BCUT2D eigenvalue weighted by Crippen LogP contribution is 2.20. The van der Waals surface area contributed by atoms with Crippen LogP contribution in [-0.2, 0) is 11.3 Å². The minimum absolute atomic E-state index is 0.0356. The molecule has 1 amide bonds. The lowest BCUT2D eigenvalue weighted by molar-refractivity contribution is -0.112. The molecular weight excluding hydrogens is 338 g/mol. The first-order chi connectivity index (χ1) is 12.0. The number of carbonyl (C=O) groups excluding carboxylic acids is 1. The van der Waals surface area contributed by atoms with Crippen LogP contribution in [0.4, 0.5) is 5.69 Å². The predicted molar refractivity (Wildman–Crippen MR) is 98.3 cm³/mol. The average Bonchev–Trinajstić information content (AvgIpc) is 2.62. The van der Waals surface area contributed by atoms with Crippen LogP contribution in [0.25, 0.3) is 0 Å². The largest absolute Gasteiger partial charge is 0.496 e. The van der Waals surface area contributed by atoms with Gasteiger partial charge in [0.15, 0.2) is 0 Å². The molecule has 6 heteroatoms. The number of rotatable bonds is 6. The van der Waals surface area contributed by atoms with Crippen molar-refractivity contribution < 1.29 is 9.53 Å². The van der Waals surface area contributed by atoms with E-state index < -0.39 is 5.91 Å². The molecule has 2 aromatic carbocycles. The van der Waals surface area contributed by atoms with Crippen LogP contribution >= 0.6 is 11.6 Å². The molecule has 0 radical (unpaired) electrons. The van der Waals surface area contributed by atoms with Gasteiger partial charge in [0.1, 0.15) is 17.4 Å². The Balaban J connectivity index is 2.02. The van der Waals surface area contributed by atoms with Gasteiger partial charge in [-0.1, -0.05) is 35.9 Å². The molecule has 0 atom stereocenters. The summed E-state index contributed by atoms with van der Waals surface area (Å²) in [6.07, 6.45) is 1.39. The van der Waals surface area contributed by atoms with Gasteiger partial charge in [0, 0.05) is 29.0 Å². The summed E-state index contributed by atoms with van der Waals surface area (Å²) in [5.41, 5.74) is 2.33. The molecule has 0 fully saturated rings. The van der Waals surface area contributed by atoms with Gasteiger partial charge >= 0.3 is 0 Å². The second kappa shape index (κ2) is 8.76. The van der Waals surface area contributed by atoms with Gasteiger partial charge in [0.2, 0.25) is 0 Å². The second-order valence-corrected chi connectivity index (χ2v) is 5.69. The highest BCUT2D eigenvalue weighted by molar-refractivity contribution is 6.31. The molecule has 0 aliphatic rings. The fourth-order valence-electron chi connectivity index (χ4n) is 2.13. The van der Waals surface area contributed by atoms with Gasteiger partial charge in [-0.05, 0) is 30.7 Å². The molecule has 0 spiro atoms. The number of hydrogen-bond donors (Lipinski definition) is 2. The smallest absolute Gasteiger partial charge is 0.267 e. The van der Waals surface area contributed by atoms with Gasteiger partial charge in [0.05, 0.1) is 7.11 Å². The third-order valence-corrected chi connectivity index (χ3v) is 3.93. The molecule has 2 aromatic rings. The number of amides is 1. The van der Waals surface area contributed by atoms with E-state index in [2.05, 4.69) is 10.6 Å². The Hall–Kier alpha value is -2.97. The first-order valence-electron chi connectivity index (χ1n) is 7.58. The summed E-state index contributed by atoms with van der Waals surface area (Å²) in [5.74, 6) is 0.232. The molecule has 0 saturated carbocycles. The SMILES string of the molecule is COc1ccccc1CN/C=C(/C#N)C(=O)Nc1ccc(C)c(Cl)c1. The van der Waals surface area contributed by atoms with E-state index in [1.165, 1.54) is 6.20 Å². The number of nitriles is 1. The molecule has 0 unspecified atom stereocenters. The minimum atomic E-state index is -0.505. The van der Waals surface area contributed by atoms with Gasteiger partial charge in [0.25, 0.3) is 5.91 Å². The van der Waals surface area contributed by atoms with Crippen LogP contribution in [0, 0.1) is 18.3 Å². The zero-order chi connectivity index (χ0) is 18.2. The summed E-state index contributed by atoms with van der Waals surface area (Å²) in [6.45, 7) is 2.30. The Kier molecular flexibility index (Phi) is 6.44. The summed E-state index contributed by atoms with van der Waals surface area (Å²) < 4.78 is 5.26.